The first-order valence-electron chi connectivity index (χ1n) is 10.8. The SMILES string of the molecule is CCOC(=O)c1ccc(NC(=O)/C(C#N)=C/c2cc(Br)c(OCc3ccc(Cl)cc3)c(OC)c2)cc1. The highest BCUT2D eigenvalue weighted by atomic mass is 79.9. The highest BCUT2D eigenvalue weighted by molar-refractivity contribution is 9.10. The molecule has 0 heterocycles. The van der Waals surface area contributed by atoms with E-state index in [-0.39, 0.29) is 12.2 Å². The number of rotatable bonds is 9. The van der Waals surface area contributed by atoms with Crippen LogP contribution in [0, 0.1) is 11.3 Å². The molecule has 0 aliphatic heterocycles. The van der Waals surface area contributed by atoms with Gasteiger partial charge in [-0.3, -0.25) is 4.79 Å². The smallest absolute Gasteiger partial charge is 0.338 e. The van der Waals surface area contributed by atoms with Crippen LogP contribution in [0.4, 0.5) is 5.69 Å². The van der Waals surface area contributed by atoms with Gasteiger partial charge in [0, 0.05) is 10.7 Å². The molecule has 0 radical (unpaired) electrons. The lowest BCUT2D eigenvalue weighted by atomic mass is 10.1. The van der Waals surface area contributed by atoms with E-state index in [2.05, 4.69) is 21.2 Å². The van der Waals surface area contributed by atoms with Gasteiger partial charge in [0.15, 0.2) is 11.5 Å². The van der Waals surface area contributed by atoms with Gasteiger partial charge in [-0.25, -0.2) is 4.79 Å². The van der Waals surface area contributed by atoms with Crippen molar-refractivity contribution < 1.29 is 23.8 Å². The Morgan fingerprint density at radius 1 is 1.11 bits per heavy atom. The van der Waals surface area contributed by atoms with Gasteiger partial charge in [0.05, 0.1) is 23.8 Å². The molecule has 1 N–H and O–H groups in total. The third kappa shape index (κ3) is 7.11. The summed E-state index contributed by atoms with van der Waals surface area (Å²) in [7, 11) is 1.50. The van der Waals surface area contributed by atoms with Crippen LogP contribution in [-0.2, 0) is 16.1 Å². The number of benzene rings is 3. The van der Waals surface area contributed by atoms with Gasteiger partial charge in [-0.15, -0.1) is 0 Å². The summed E-state index contributed by atoms with van der Waals surface area (Å²) in [5.74, 6) is -0.140. The molecule has 36 heavy (non-hydrogen) atoms. The fraction of sp³-hybridized carbons (Fsp3) is 0.148. The number of nitriles is 1. The summed E-state index contributed by atoms with van der Waals surface area (Å²) in [6.07, 6.45) is 1.44. The van der Waals surface area contributed by atoms with Crippen LogP contribution in [0.15, 0.2) is 70.7 Å². The molecule has 3 aromatic carbocycles. The number of nitrogens with one attached hydrogen (secondary N) is 1. The number of hydrogen-bond donors (Lipinski definition) is 1. The fourth-order valence-electron chi connectivity index (χ4n) is 3.12. The van der Waals surface area contributed by atoms with Gasteiger partial charge < -0.3 is 19.5 Å². The zero-order valence-electron chi connectivity index (χ0n) is 19.5. The first kappa shape index (κ1) is 26.8. The molecule has 0 aliphatic rings. The van der Waals surface area contributed by atoms with Gasteiger partial charge in [0.25, 0.3) is 5.91 Å². The highest BCUT2D eigenvalue weighted by Gasteiger charge is 2.15. The topological polar surface area (TPSA) is 97.7 Å². The Labute approximate surface area is 222 Å². The van der Waals surface area contributed by atoms with Crippen molar-refractivity contribution >= 4 is 51.2 Å². The second-order valence-electron chi connectivity index (χ2n) is 7.37. The summed E-state index contributed by atoms with van der Waals surface area (Å²) in [5.41, 5.74) is 2.16. The minimum absolute atomic E-state index is 0.117. The Morgan fingerprint density at radius 3 is 2.42 bits per heavy atom. The van der Waals surface area contributed by atoms with E-state index in [1.165, 1.54) is 25.3 Å². The summed E-state index contributed by atoms with van der Waals surface area (Å²) < 4.78 is 16.9. The van der Waals surface area contributed by atoms with Gasteiger partial charge in [0.2, 0.25) is 0 Å². The maximum Gasteiger partial charge on any atom is 0.338 e. The van der Waals surface area contributed by atoms with Crippen molar-refractivity contribution in [3.63, 3.8) is 0 Å². The third-order valence-corrected chi connectivity index (χ3v) is 5.72. The monoisotopic (exact) mass is 568 g/mol. The summed E-state index contributed by atoms with van der Waals surface area (Å²) >= 11 is 9.41. The van der Waals surface area contributed by atoms with E-state index in [4.69, 9.17) is 25.8 Å². The lowest BCUT2D eigenvalue weighted by molar-refractivity contribution is -0.112. The summed E-state index contributed by atoms with van der Waals surface area (Å²) in [5, 5.41) is 12.9. The Bertz CT molecular complexity index is 1320. The molecule has 0 saturated carbocycles. The van der Waals surface area contributed by atoms with Crippen LogP contribution in [0.25, 0.3) is 6.08 Å². The zero-order chi connectivity index (χ0) is 26.1. The second-order valence-corrected chi connectivity index (χ2v) is 8.66. The zero-order valence-corrected chi connectivity index (χ0v) is 21.9. The Hall–Kier alpha value is -3.80. The summed E-state index contributed by atoms with van der Waals surface area (Å²) in [6, 6.07) is 18.8. The van der Waals surface area contributed by atoms with Crippen molar-refractivity contribution in [2.24, 2.45) is 0 Å². The summed E-state index contributed by atoms with van der Waals surface area (Å²) in [4.78, 5) is 24.5. The van der Waals surface area contributed by atoms with E-state index in [1.807, 2.05) is 18.2 Å². The van der Waals surface area contributed by atoms with Crippen molar-refractivity contribution in [3.05, 3.63) is 92.4 Å². The molecule has 9 heteroatoms. The van der Waals surface area contributed by atoms with Crippen LogP contribution < -0.4 is 14.8 Å². The number of carbonyl (C=O) groups excluding carboxylic acids is 2. The van der Waals surface area contributed by atoms with E-state index in [1.54, 1.807) is 43.3 Å². The Morgan fingerprint density at radius 2 is 1.81 bits per heavy atom. The molecule has 0 saturated heterocycles. The molecular formula is C27H22BrClN2O5. The second kappa shape index (κ2) is 12.8. The minimum Gasteiger partial charge on any atom is -0.493 e. The maximum absolute atomic E-state index is 12.7. The average molecular weight is 570 g/mol. The molecule has 0 bridgehead atoms. The fourth-order valence-corrected chi connectivity index (χ4v) is 3.82. The lowest BCUT2D eigenvalue weighted by Crippen LogP contribution is -2.13. The van der Waals surface area contributed by atoms with Crippen molar-refractivity contribution in [1.82, 2.24) is 0 Å². The van der Waals surface area contributed by atoms with Crippen LogP contribution in [0.2, 0.25) is 5.02 Å². The van der Waals surface area contributed by atoms with Crippen LogP contribution in [-0.4, -0.2) is 25.6 Å². The van der Waals surface area contributed by atoms with Crippen LogP contribution in [0.1, 0.15) is 28.4 Å². The Kier molecular flexibility index (Phi) is 9.51. The maximum atomic E-state index is 12.7. The van der Waals surface area contributed by atoms with Crippen LogP contribution in [0.3, 0.4) is 0 Å². The molecule has 3 rings (SSSR count). The standard InChI is InChI=1S/C27H22BrClN2O5/c1-3-35-27(33)19-6-10-22(11-7-19)31-26(32)20(15-30)12-18-13-23(28)25(24(14-18)34-2)36-16-17-4-8-21(29)9-5-17/h4-14H,3,16H2,1-2H3,(H,31,32)/b20-12+. The predicted octanol–water partition coefficient (Wildman–Crippen LogP) is 6.41. The quantitative estimate of drug-likeness (QED) is 0.182. The number of amides is 1. The molecule has 184 valence electrons. The number of esters is 1. The predicted molar refractivity (Wildman–Crippen MR) is 141 cm³/mol. The summed E-state index contributed by atoms with van der Waals surface area (Å²) in [6.45, 7) is 2.28. The van der Waals surface area contributed by atoms with Crippen molar-refractivity contribution in [1.29, 1.82) is 5.26 Å². The van der Waals surface area contributed by atoms with Crippen LogP contribution >= 0.6 is 27.5 Å². The Balaban J connectivity index is 1.75. The van der Waals surface area contributed by atoms with Crippen molar-refractivity contribution in [2.45, 2.75) is 13.5 Å². The molecule has 1 amide bonds. The molecule has 3 aromatic rings. The van der Waals surface area contributed by atoms with E-state index in [9.17, 15) is 14.9 Å². The number of anilines is 1. The molecule has 0 aromatic heterocycles. The number of carbonyl (C=O) groups is 2. The molecule has 7 nitrogen and oxygen atoms in total. The third-order valence-electron chi connectivity index (χ3n) is 4.88. The molecule has 0 fully saturated rings. The first-order valence-corrected chi connectivity index (χ1v) is 12.0. The molecule has 0 aliphatic carbocycles. The highest BCUT2D eigenvalue weighted by Crippen LogP contribution is 2.38. The molecular weight excluding hydrogens is 548 g/mol. The van der Waals surface area contributed by atoms with Gasteiger partial charge in [-0.05, 0) is 88.6 Å². The van der Waals surface area contributed by atoms with Gasteiger partial charge in [-0.1, -0.05) is 23.7 Å². The number of ether oxygens (including phenoxy) is 3. The van der Waals surface area contributed by atoms with Crippen molar-refractivity contribution in [2.75, 3.05) is 19.0 Å². The largest absolute Gasteiger partial charge is 0.493 e. The number of nitrogens with zero attached hydrogens (tertiary/aromatic N) is 1. The van der Waals surface area contributed by atoms with E-state index in [0.717, 1.165) is 5.56 Å². The van der Waals surface area contributed by atoms with Crippen LogP contribution in [0.5, 0.6) is 11.5 Å². The van der Waals surface area contributed by atoms with Crippen molar-refractivity contribution in [3.8, 4) is 17.6 Å². The van der Waals surface area contributed by atoms with Gasteiger partial charge in [-0.2, -0.15) is 5.26 Å². The average Bonchev–Trinajstić information content (AvgIpc) is 2.87. The number of hydrogen-bond acceptors (Lipinski definition) is 6. The number of methoxy groups -OCH3 is 1. The molecule has 0 unspecified atom stereocenters. The number of halogens is 2. The molecule has 0 atom stereocenters. The normalized spacial score (nSPS) is 10.8. The van der Waals surface area contributed by atoms with Gasteiger partial charge >= 0.3 is 5.97 Å². The van der Waals surface area contributed by atoms with E-state index >= 15 is 0 Å². The first-order chi connectivity index (χ1) is 17.3. The van der Waals surface area contributed by atoms with E-state index < -0.39 is 11.9 Å². The minimum atomic E-state index is -0.598. The van der Waals surface area contributed by atoms with E-state index in [0.29, 0.717) is 44.4 Å². The lowest BCUT2D eigenvalue weighted by Gasteiger charge is -2.14. The molecule has 0 spiro atoms. The van der Waals surface area contributed by atoms with Gasteiger partial charge in [0.1, 0.15) is 18.2 Å².